The molecule has 0 aromatic carbocycles. The number of aromatic nitrogens is 2. The fourth-order valence-electron chi connectivity index (χ4n) is 2.60. The van der Waals surface area contributed by atoms with E-state index in [1.807, 2.05) is 6.92 Å². The van der Waals surface area contributed by atoms with Gasteiger partial charge in [-0.2, -0.15) is 0 Å². The minimum atomic E-state index is 0.335. The van der Waals surface area contributed by atoms with E-state index in [-0.39, 0.29) is 0 Å². The van der Waals surface area contributed by atoms with Crippen molar-refractivity contribution in [2.24, 2.45) is 5.92 Å². The third kappa shape index (κ3) is 0.667. The van der Waals surface area contributed by atoms with Gasteiger partial charge in [0.15, 0.2) is 0 Å². The average molecular weight is 164 g/mol. The summed E-state index contributed by atoms with van der Waals surface area (Å²) >= 11 is 0. The third-order valence-corrected chi connectivity index (χ3v) is 3.36. The lowest BCUT2D eigenvalue weighted by Crippen LogP contribution is -2.05. The smallest absolute Gasteiger partial charge is 0.222 e. The summed E-state index contributed by atoms with van der Waals surface area (Å²) in [4.78, 5) is 0. The van der Waals surface area contributed by atoms with Gasteiger partial charge in [-0.25, -0.2) is 0 Å². The summed E-state index contributed by atoms with van der Waals surface area (Å²) in [7, 11) is 0. The van der Waals surface area contributed by atoms with E-state index in [0.29, 0.717) is 11.3 Å². The molecule has 0 spiro atoms. The summed E-state index contributed by atoms with van der Waals surface area (Å²) in [5, 5.41) is 8.01. The van der Waals surface area contributed by atoms with Crippen LogP contribution in [0, 0.1) is 12.8 Å². The Kier molecular flexibility index (Phi) is 1.05. The average Bonchev–Trinajstić information content (AvgIpc) is 2.50. The molecule has 1 aromatic heterocycles. The van der Waals surface area contributed by atoms with E-state index in [9.17, 15) is 0 Å². The first-order valence-corrected chi connectivity index (χ1v) is 4.62. The van der Waals surface area contributed by atoms with Gasteiger partial charge in [-0.1, -0.05) is 6.42 Å². The van der Waals surface area contributed by atoms with Gasteiger partial charge in [-0.05, 0) is 25.2 Å². The zero-order valence-corrected chi connectivity index (χ0v) is 7.21. The van der Waals surface area contributed by atoms with E-state index in [0.717, 1.165) is 11.8 Å². The first kappa shape index (κ1) is 6.63. The zero-order chi connectivity index (χ0) is 8.18. The van der Waals surface area contributed by atoms with Crippen LogP contribution in [0.25, 0.3) is 0 Å². The number of rotatable bonds is 1. The molecule has 2 unspecified atom stereocenters. The maximum atomic E-state index is 5.49. The first-order valence-electron chi connectivity index (χ1n) is 4.62. The van der Waals surface area contributed by atoms with Crippen LogP contribution in [-0.2, 0) is 5.41 Å². The molecule has 0 N–H and O–H groups in total. The summed E-state index contributed by atoms with van der Waals surface area (Å²) in [6, 6.07) is 0. The second-order valence-corrected chi connectivity index (χ2v) is 4.08. The lowest BCUT2D eigenvalue weighted by Gasteiger charge is -2.03. The van der Waals surface area contributed by atoms with Crippen LogP contribution in [0.4, 0.5) is 0 Å². The van der Waals surface area contributed by atoms with Gasteiger partial charge in [0.05, 0.1) is 5.41 Å². The molecule has 0 saturated heterocycles. The third-order valence-electron chi connectivity index (χ3n) is 3.36. The van der Waals surface area contributed by atoms with E-state index in [4.69, 9.17) is 4.42 Å². The molecule has 12 heavy (non-hydrogen) atoms. The Hall–Kier alpha value is -0.860. The Morgan fingerprint density at radius 2 is 2.42 bits per heavy atom. The van der Waals surface area contributed by atoms with Crippen molar-refractivity contribution in [3.63, 3.8) is 0 Å². The predicted molar refractivity (Wildman–Crippen MR) is 42.7 cm³/mol. The van der Waals surface area contributed by atoms with Crippen LogP contribution < -0.4 is 0 Å². The minimum Gasteiger partial charge on any atom is -0.425 e. The molecule has 0 radical (unpaired) electrons. The Labute approximate surface area is 71.2 Å². The lowest BCUT2D eigenvalue weighted by molar-refractivity contribution is 0.408. The quantitative estimate of drug-likeness (QED) is 0.635. The molecule has 64 valence electrons. The molecule has 1 aromatic rings. The summed E-state index contributed by atoms with van der Waals surface area (Å²) in [5.74, 6) is 2.47. The van der Waals surface area contributed by atoms with Crippen molar-refractivity contribution in [1.82, 2.24) is 10.2 Å². The van der Waals surface area contributed by atoms with Gasteiger partial charge in [0.2, 0.25) is 11.8 Å². The fraction of sp³-hybridized carbons (Fsp3) is 0.778. The summed E-state index contributed by atoms with van der Waals surface area (Å²) in [6.45, 7) is 1.86. The monoisotopic (exact) mass is 164 g/mol. The molecule has 0 aliphatic heterocycles. The molecular formula is C9H12N2O. The van der Waals surface area contributed by atoms with Gasteiger partial charge in [0.25, 0.3) is 0 Å². The van der Waals surface area contributed by atoms with Gasteiger partial charge >= 0.3 is 0 Å². The normalized spacial score (nSPS) is 38.2. The van der Waals surface area contributed by atoms with Crippen LogP contribution in [0.2, 0.25) is 0 Å². The van der Waals surface area contributed by atoms with Crippen LogP contribution >= 0.6 is 0 Å². The number of fused-ring (bicyclic) bond motifs is 1. The van der Waals surface area contributed by atoms with Crippen LogP contribution in [0.5, 0.6) is 0 Å². The Balaban J connectivity index is 1.99. The van der Waals surface area contributed by atoms with Crippen LogP contribution in [-0.4, -0.2) is 10.2 Å². The van der Waals surface area contributed by atoms with E-state index >= 15 is 0 Å². The molecule has 2 fully saturated rings. The molecule has 2 aliphatic rings. The zero-order valence-electron chi connectivity index (χ0n) is 7.21. The SMILES string of the molecule is Cc1nnc(C23CCCC2C3)o1. The van der Waals surface area contributed by atoms with Gasteiger partial charge in [0, 0.05) is 6.92 Å². The molecule has 3 heteroatoms. The van der Waals surface area contributed by atoms with E-state index in [2.05, 4.69) is 10.2 Å². The van der Waals surface area contributed by atoms with Crippen molar-refractivity contribution in [1.29, 1.82) is 0 Å². The molecule has 3 nitrogen and oxygen atoms in total. The molecule has 2 saturated carbocycles. The van der Waals surface area contributed by atoms with E-state index in [1.165, 1.54) is 25.7 Å². The van der Waals surface area contributed by atoms with Crippen LogP contribution in [0.1, 0.15) is 37.5 Å². The molecule has 0 amide bonds. The lowest BCUT2D eigenvalue weighted by atomic mass is 10.0. The minimum absolute atomic E-state index is 0.335. The second kappa shape index (κ2) is 1.90. The Bertz CT molecular complexity index is 320. The standard InChI is InChI=1S/C9H12N2O/c1-6-10-11-8(12-6)9-4-2-3-7(9)5-9/h7H,2-5H2,1H3. The van der Waals surface area contributed by atoms with Crippen molar-refractivity contribution in [3.05, 3.63) is 11.8 Å². The highest BCUT2D eigenvalue weighted by atomic mass is 16.4. The summed E-state index contributed by atoms with van der Waals surface area (Å²) in [6.07, 6.45) is 5.25. The maximum Gasteiger partial charge on any atom is 0.222 e. The van der Waals surface area contributed by atoms with Gasteiger partial charge in [-0.15, -0.1) is 10.2 Å². The molecule has 2 atom stereocenters. The summed E-state index contributed by atoms with van der Waals surface area (Å²) in [5.41, 5.74) is 0.335. The van der Waals surface area contributed by atoms with Gasteiger partial charge in [-0.3, -0.25) is 0 Å². The van der Waals surface area contributed by atoms with Crippen LogP contribution in [0.3, 0.4) is 0 Å². The van der Waals surface area contributed by atoms with Crippen molar-refractivity contribution < 1.29 is 4.42 Å². The number of hydrogen-bond acceptors (Lipinski definition) is 3. The molecular weight excluding hydrogens is 152 g/mol. The van der Waals surface area contributed by atoms with E-state index in [1.54, 1.807) is 0 Å². The molecule has 2 aliphatic carbocycles. The van der Waals surface area contributed by atoms with Gasteiger partial charge in [0.1, 0.15) is 0 Å². The first-order chi connectivity index (χ1) is 5.81. The molecule has 3 rings (SSSR count). The number of hydrogen-bond donors (Lipinski definition) is 0. The molecule has 0 bridgehead atoms. The Morgan fingerprint density at radius 3 is 2.92 bits per heavy atom. The number of nitrogens with zero attached hydrogens (tertiary/aromatic N) is 2. The molecule has 1 heterocycles. The van der Waals surface area contributed by atoms with Crippen molar-refractivity contribution in [2.45, 2.75) is 38.0 Å². The highest BCUT2D eigenvalue weighted by Gasteiger charge is 2.61. The highest BCUT2D eigenvalue weighted by molar-refractivity contribution is 5.22. The van der Waals surface area contributed by atoms with Crippen LogP contribution in [0.15, 0.2) is 4.42 Å². The second-order valence-electron chi connectivity index (χ2n) is 4.08. The Morgan fingerprint density at radius 1 is 1.50 bits per heavy atom. The highest BCUT2D eigenvalue weighted by Crippen LogP contribution is 2.63. The topological polar surface area (TPSA) is 38.9 Å². The van der Waals surface area contributed by atoms with E-state index < -0.39 is 0 Å². The maximum absolute atomic E-state index is 5.49. The summed E-state index contributed by atoms with van der Waals surface area (Å²) < 4.78 is 5.49. The largest absolute Gasteiger partial charge is 0.425 e. The van der Waals surface area contributed by atoms with Crippen molar-refractivity contribution >= 4 is 0 Å². The van der Waals surface area contributed by atoms with Crippen molar-refractivity contribution in [2.75, 3.05) is 0 Å². The fourth-order valence-corrected chi connectivity index (χ4v) is 2.60. The predicted octanol–water partition coefficient (Wildman–Crippen LogP) is 1.82. The number of aryl methyl sites for hydroxylation is 1. The van der Waals surface area contributed by atoms with Gasteiger partial charge < -0.3 is 4.42 Å². The van der Waals surface area contributed by atoms with Crippen molar-refractivity contribution in [3.8, 4) is 0 Å².